The third-order valence-electron chi connectivity index (χ3n) is 9.84. The van der Waals surface area contributed by atoms with Crippen molar-refractivity contribution < 1.29 is 4.42 Å². The van der Waals surface area contributed by atoms with Crippen LogP contribution in [-0.4, -0.2) is 6.04 Å². The Kier molecular flexibility index (Phi) is 4.86. The van der Waals surface area contributed by atoms with Crippen molar-refractivity contribution in [1.82, 2.24) is 0 Å². The number of fused-ring (bicyclic) bond motifs is 9. The molecule has 1 aliphatic heterocycles. The highest BCUT2D eigenvalue weighted by Crippen LogP contribution is 2.52. The number of nitriles is 1. The Bertz CT molecular complexity index is 2260. The summed E-state index contributed by atoms with van der Waals surface area (Å²) in [4.78, 5) is 2.42. The number of benzene rings is 5. The molecule has 204 valence electrons. The van der Waals surface area contributed by atoms with Crippen LogP contribution < -0.4 is 4.90 Å². The van der Waals surface area contributed by atoms with Gasteiger partial charge in [0.05, 0.1) is 23.4 Å². The van der Waals surface area contributed by atoms with Crippen LogP contribution in [0.4, 0.5) is 11.4 Å². The molecule has 2 atom stereocenters. The van der Waals surface area contributed by atoms with Crippen molar-refractivity contribution in [2.24, 2.45) is 0 Å². The fraction of sp³-hybridized carbons (Fsp3) is 0.125. The van der Waals surface area contributed by atoms with Gasteiger partial charge in [0.2, 0.25) is 0 Å². The second-order valence-corrected chi connectivity index (χ2v) is 12.4. The summed E-state index contributed by atoms with van der Waals surface area (Å²) in [5.41, 5.74) is 13.1. The summed E-state index contributed by atoms with van der Waals surface area (Å²) in [7, 11) is 0. The molecule has 0 spiro atoms. The molecule has 2 heterocycles. The molecule has 3 nitrogen and oxygen atoms in total. The first-order valence-electron chi connectivity index (χ1n) is 14.9. The van der Waals surface area contributed by atoms with E-state index in [9.17, 15) is 5.26 Å². The lowest BCUT2D eigenvalue weighted by molar-refractivity contribution is 0.647. The third kappa shape index (κ3) is 3.24. The first-order chi connectivity index (χ1) is 21.0. The van der Waals surface area contributed by atoms with E-state index in [2.05, 4.69) is 134 Å². The summed E-state index contributed by atoms with van der Waals surface area (Å²) in [6.07, 6.45) is 8.84. The Balaban J connectivity index is 1.27. The molecule has 3 aliphatic rings. The monoisotopic (exact) mass is 552 g/mol. The molecular formula is C40H28N2O. The van der Waals surface area contributed by atoms with Gasteiger partial charge in [-0.3, -0.25) is 0 Å². The average molecular weight is 553 g/mol. The average Bonchev–Trinajstić information content (AvgIpc) is 3.65. The minimum Gasteiger partial charge on any atom is -0.456 e. The number of furan rings is 1. The fourth-order valence-corrected chi connectivity index (χ4v) is 7.83. The Labute approximate surface area is 250 Å². The smallest absolute Gasteiger partial charge is 0.135 e. The molecule has 0 amide bonds. The van der Waals surface area contributed by atoms with Crippen LogP contribution in [0.2, 0.25) is 0 Å². The van der Waals surface area contributed by atoms with E-state index in [1.54, 1.807) is 0 Å². The molecule has 2 unspecified atom stereocenters. The van der Waals surface area contributed by atoms with E-state index in [1.165, 1.54) is 33.5 Å². The first kappa shape index (κ1) is 24.3. The van der Waals surface area contributed by atoms with Crippen LogP contribution in [0.15, 0.2) is 126 Å². The predicted molar refractivity (Wildman–Crippen MR) is 175 cm³/mol. The van der Waals surface area contributed by atoms with Gasteiger partial charge in [-0.15, -0.1) is 0 Å². The van der Waals surface area contributed by atoms with E-state index in [0.717, 1.165) is 38.8 Å². The highest BCUT2D eigenvalue weighted by atomic mass is 16.3. The van der Waals surface area contributed by atoms with Crippen molar-refractivity contribution in [3.05, 3.63) is 144 Å². The number of rotatable bonds is 2. The zero-order chi connectivity index (χ0) is 28.9. The number of nitrogens with zero attached hydrogens (tertiary/aromatic N) is 2. The summed E-state index contributed by atoms with van der Waals surface area (Å²) < 4.78 is 6.47. The van der Waals surface area contributed by atoms with Gasteiger partial charge >= 0.3 is 0 Å². The molecule has 0 fully saturated rings. The molecular weight excluding hydrogens is 524 g/mol. The highest BCUT2D eigenvalue weighted by molar-refractivity contribution is 6.09. The molecule has 0 saturated heterocycles. The predicted octanol–water partition coefficient (Wildman–Crippen LogP) is 10.2. The van der Waals surface area contributed by atoms with Gasteiger partial charge in [-0.1, -0.05) is 92.7 Å². The van der Waals surface area contributed by atoms with E-state index >= 15 is 0 Å². The molecule has 0 saturated carbocycles. The summed E-state index contributed by atoms with van der Waals surface area (Å²) in [5.74, 6) is 0.273. The Hall–Kier alpha value is -5.33. The number of hydrogen-bond acceptors (Lipinski definition) is 3. The molecule has 1 aromatic heterocycles. The van der Waals surface area contributed by atoms with Crippen molar-refractivity contribution in [2.75, 3.05) is 4.90 Å². The van der Waals surface area contributed by atoms with Gasteiger partial charge in [-0.25, -0.2) is 0 Å². The van der Waals surface area contributed by atoms with Crippen molar-refractivity contribution in [3.8, 4) is 28.3 Å². The number of anilines is 2. The largest absolute Gasteiger partial charge is 0.456 e. The molecule has 43 heavy (non-hydrogen) atoms. The van der Waals surface area contributed by atoms with Crippen molar-refractivity contribution in [3.63, 3.8) is 0 Å². The van der Waals surface area contributed by atoms with Gasteiger partial charge in [0, 0.05) is 33.4 Å². The molecule has 3 heteroatoms. The van der Waals surface area contributed by atoms with E-state index < -0.39 is 0 Å². The summed E-state index contributed by atoms with van der Waals surface area (Å²) in [6, 6.07) is 37.1. The maximum atomic E-state index is 10.4. The molecule has 9 rings (SSSR count). The Morgan fingerprint density at radius 2 is 1.51 bits per heavy atom. The lowest BCUT2D eigenvalue weighted by atomic mass is 9.82. The van der Waals surface area contributed by atoms with Crippen LogP contribution in [0.5, 0.6) is 0 Å². The Morgan fingerprint density at radius 3 is 2.42 bits per heavy atom. The van der Waals surface area contributed by atoms with Crippen molar-refractivity contribution in [1.29, 1.82) is 5.26 Å². The molecule has 6 aromatic rings. The minimum absolute atomic E-state index is 0.0858. The second kappa shape index (κ2) is 8.60. The summed E-state index contributed by atoms with van der Waals surface area (Å²) in [5, 5.41) is 12.5. The fourth-order valence-electron chi connectivity index (χ4n) is 7.83. The van der Waals surface area contributed by atoms with Gasteiger partial charge in [0.1, 0.15) is 11.2 Å². The maximum absolute atomic E-state index is 10.4. The molecule has 2 aliphatic carbocycles. The lowest BCUT2D eigenvalue weighted by Gasteiger charge is -2.31. The van der Waals surface area contributed by atoms with Gasteiger partial charge in [-0.2, -0.15) is 5.26 Å². The van der Waals surface area contributed by atoms with Crippen LogP contribution in [0.1, 0.15) is 42.0 Å². The van der Waals surface area contributed by atoms with Gasteiger partial charge in [0.15, 0.2) is 0 Å². The number of allylic oxidation sites excluding steroid dienone is 2. The standard InChI is InChI=1S/C40H28N2O/c1-40(2)32-14-6-3-11-26(32)29-21-31-30-20-24(18-19-37(30)43-38(31)22-33(29)40)39-25(23-41)10-9-17-36(39)42-34-15-7-4-12-27(34)28-13-5-8-16-35(28)42/h3-22,27,34H,1-2H3. The normalized spacial score (nSPS) is 18.9. The quantitative estimate of drug-likeness (QED) is 0.215. The topological polar surface area (TPSA) is 40.2 Å². The van der Waals surface area contributed by atoms with E-state index in [4.69, 9.17) is 4.42 Å². The van der Waals surface area contributed by atoms with Crippen LogP contribution in [-0.2, 0) is 5.41 Å². The highest BCUT2D eigenvalue weighted by Gasteiger charge is 2.39. The maximum Gasteiger partial charge on any atom is 0.135 e. The van der Waals surface area contributed by atoms with Gasteiger partial charge in [-0.05, 0) is 75.8 Å². The van der Waals surface area contributed by atoms with E-state index in [-0.39, 0.29) is 17.4 Å². The minimum atomic E-state index is -0.0858. The van der Waals surface area contributed by atoms with Crippen molar-refractivity contribution >= 4 is 33.3 Å². The van der Waals surface area contributed by atoms with E-state index in [0.29, 0.717) is 5.56 Å². The summed E-state index contributed by atoms with van der Waals surface area (Å²) in [6.45, 7) is 4.59. The SMILES string of the molecule is CC1(C)c2ccccc2-c2cc3c(cc21)oc1ccc(-c2c(C#N)cccc2N2c4ccccc4C4C=CC=CC42)cc13. The van der Waals surface area contributed by atoms with Crippen LogP contribution in [0.25, 0.3) is 44.2 Å². The van der Waals surface area contributed by atoms with E-state index in [1.807, 2.05) is 12.1 Å². The van der Waals surface area contributed by atoms with Crippen LogP contribution in [0, 0.1) is 11.3 Å². The van der Waals surface area contributed by atoms with Crippen LogP contribution in [0.3, 0.4) is 0 Å². The van der Waals surface area contributed by atoms with Gasteiger partial charge < -0.3 is 9.32 Å². The number of hydrogen-bond donors (Lipinski definition) is 0. The zero-order valence-corrected chi connectivity index (χ0v) is 24.0. The third-order valence-corrected chi connectivity index (χ3v) is 9.84. The number of para-hydroxylation sites is 1. The Morgan fingerprint density at radius 1 is 0.721 bits per heavy atom. The van der Waals surface area contributed by atoms with Crippen LogP contribution >= 0.6 is 0 Å². The summed E-state index contributed by atoms with van der Waals surface area (Å²) >= 11 is 0. The van der Waals surface area contributed by atoms with Gasteiger partial charge in [0.25, 0.3) is 0 Å². The molecule has 0 bridgehead atoms. The second-order valence-electron chi connectivity index (χ2n) is 12.4. The molecule has 5 aromatic carbocycles. The first-order valence-corrected chi connectivity index (χ1v) is 14.9. The zero-order valence-electron chi connectivity index (χ0n) is 24.0. The lowest BCUT2D eigenvalue weighted by Crippen LogP contribution is -2.29. The van der Waals surface area contributed by atoms with Crippen molar-refractivity contribution in [2.45, 2.75) is 31.2 Å². The molecule has 0 radical (unpaired) electrons. The molecule has 0 N–H and O–H groups in total.